The standard InChI is InChI=1S/C22H18.C2H6/c1-2-3-7-16-9-6-10-18-14-19-13-12-17-8-4-5-11-20(17)22(19)15-21(16)18;1-2/h2-3,5-7,9-15H,1,4,8H2;1-2H3/b7-3-;. The van der Waals surface area contributed by atoms with Crippen LogP contribution in [0.2, 0.25) is 0 Å². The summed E-state index contributed by atoms with van der Waals surface area (Å²) in [7, 11) is 0. The maximum absolute atomic E-state index is 3.77. The minimum absolute atomic E-state index is 1.15. The molecular weight excluding hydrogens is 288 g/mol. The maximum Gasteiger partial charge on any atom is -0.0102 e. The first-order valence-electron chi connectivity index (χ1n) is 8.81. The molecule has 24 heavy (non-hydrogen) atoms. The molecule has 3 aromatic rings. The highest BCUT2D eigenvalue weighted by Crippen LogP contribution is 2.32. The van der Waals surface area contributed by atoms with Crippen molar-refractivity contribution >= 4 is 33.7 Å². The van der Waals surface area contributed by atoms with E-state index in [9.17, 15) is 0 Å². The summed E-state index contributed by atoms with van der Waals surface area (Å²) in [6.07, 6.45) is 12.8. The van der Waals surface area contributed by atoms with Crippen LogP contribution in [0.5, 0.6) is 0 Å². The van der Waals surface area contributed by atoms with Crippen LogP contribution in [0.4, 0.5) is 0 Å². The zero-order valence-corrected chi connectivity index (χ0v) is 14.5. The molecule has 0 atom stereocenters. The topological polar surface area (TPSA) is 0 Å². The Labute approximate surface area is 144 Å². The molecular formula is C24H24. The summed E-state index contributed by atoms with van der Waals surface area (Å²) < 4.78 is 0. The van der Waals surface area contributed by atoms with Gasteiger partial charge in [-0.2, -0.15) is 0 Å². The van der Waals surface area contributed by atoms with Crippen molar-refractivity contribution in [3.8, 4) is 0 Å². The van der Waals surface area contributed by atoms with Crippen molar-refractivity contribution in [1.29, 1.82) is 0 Å². The minimum atomic E-state index is 1.15. The Morgan fingerprint density at radius 1 is 0.958 bits per heavy atom. The van der Waals surface area contributed by atoms with Gasteiger partial charge in [-0.15, -0.1) is 0 Å². The first kappa shape index (κ1) is 16.3. The molecule has 1 aliphatic carbocycles. The highest BCUT2D eigenvalue weighted by Gasteiger charge is 2.10. The number of allylic oxidation sites excluding steroid dienone is 3. The van der Waals surface area contributed by atoms with Crippen molar-refractivity contribution in [3.05, 3.63) is 84.0 Å². The van der Waals surface area contributed by atoms with Crippen LogP contribution in [0.3, 0.4) is 0 Å². The molecule has 0 nitrogen and oxygen atoms in total. The zero-order chi connectivity index (χ0) is 16.9. The number of benzene rings is 3. The summed E-state index contributed by atoms with van der Waals surface area (Å²) in [5.41, 5.74) is 4.11. The monoisotopic (exact) mass is 312 g/mol. The van der Waals surface area contributed by atoms with Crippen LogP contribution in [-0.4, -0.2) is 0 Å². The predicted molar refractivity (Wildman–Crippen MR) is 109 cm³/mol. The summed E-state index contributed by atoms with van der Waals surface area (Å²) in [6, 6.07) is 15.7. The van der Waals surface area contributed by atoms with E-state index >= 15 is 0 Å². The Kier molecular flexibility index (Phi) is 4.96. The van der Waals surface area contributed by atoms with Crippen molar-refractivity contribution in [2.75, 3.05) is 0 Å². The van der Waals surface area contributed by atoms with E-state index in [4.69, 9.17) is 0 Å². The average molecular weight is 312 g/mol. The second-order valence-corrected chi connectivity index (χ2v) is 5.82. The van der Waals surface area contributed by atoms with E-state index in [0.717, 1.165) is 12.8 Å². The molecule has 0 unspecified atom stereocenters. The summed E-state index contributed by atoms with van der Waals surface area (Å²) >= 11 is 0. The van der Waals surface area contributed by atoms with Gasteiger partial charge in [-0.3, -0.25) is 0 Å². The van der Waals surface area contributed by atoms with Gasteiger partial charge in [0.2, 0.25) is 0 Å². The molecule has 0 fully saturated rings. The first-order valence-corrected chi connectivity index (χ1v) is 8.81. The average Bonchev–Trinajstić information content (AvgIpc) is 2.66. The molecule has 0 saturated carbocycles. The van der Waals surface area contributed by atoms with Crippen LogP contribution in [0, 0.1) is 0 Å². The van der Waals surface area contributed by atoms with Crippen molar-refractivity contribution in [2.45, 2.75) is 26.7 Å². The molecule has 0 spiro atoms. The van der Waals surface area contributed by atoms with Gasteiger partial charge in [0.15, 0.2) is 0 Å². The van der Waals surface area contributed by atoms with Crippen LogP contribution in [-0.2, 0) is 6.42 Å². The fourth-order valence-corrected chi connectivity index (χ4v) is 3.36. The number of aryl methyl sites for hydroxylation is 1. The van der Waals surface area contributed by atoms with Gasteiger partial charge in [-0.25, -0.2) is 0 Å². The van der Waals surface area contributed by atoms with E-state index in [1.54, 1.807) is 0 Å². The molecule has 120 valence electrons. The van der Waals surface area contributed by atoms with E-state index < -0.39 is 0 Å². The van der Waals surface area contributed by atoms with Crippen molar-refractivity contribution in [3.63, 3.8) is 0 Å². The largest absolute Gasteiger partial charge is 0.0991 e. The molecule has 0 N–H and O–H groups in total. The number of fused-ring (bicyclic) bond motifs is 4. The predicted octanol–water partition coefficient (Wildman–Crippen LogP) is 7.18. The second kappa shape index (κ2) is 7.31. The molecule has 0 amide bonds. The summed E-state index contributed by atoms with van der Waals surface area (Å²) in [5.74, 6) is 0. The number of rotatable bonds is 2. The smallest absolute Gasteiger partial charge is 0.0102 e. The lowest BCUT2D eigenvalue weighted by Crippen LogP contribution is -1.95. The van der Waals surface area contributed by atoms with Crippen molar-refractivity contribution < 1.29 is 0 Å². The first-order chi connectivity index (χ1) is 11.9. The molecule has 1 aliphatic rings. The third-order valence-electron chi connectivity index (χ3n) is 4.46. The SMILES string of the molecule is C=C/C=C\c1cccc2cc3ccc4c(c3cc12)C=CCC4.CC. The molecule has 0 aliphatic heterocycles. The lowest BCUT2D eigenvalue weighted by molar-refractivity contribution is 0.990. The molecule has 3 aromatic carbocycles. The van der Waals surface area contributed by atoms with Gasteiger partial charge in [-0.05, 0) is 63.2 Å². The Bertz CT molecular complexity index is 939. The van der Waals surface area contributed by atoms with Gasteiger partial charge in [0.1, 0.15) is 0 Å². The van der Waals surface area contributed by atoms with Crippen LogP contribution >= 0.6 is 0 Å². The highest BCUT2D eigenvalue weighted by atomic mass is 14.1. The van der Waals surface area contributed by atoms with E-state index in [-0.39, 0.29) is 0 Å². The molecule has 0 bridgehead atoms. The van der Waals surface area contributed by atoms with E-state index in [0.29, 0.717) is 0 Å². The molecule has 4 rings (SSSR count). The van der Waals surface area contributed by atoms with E-state index in [1.807, 2.05) is 26.0 Å². The molecule has 0 heterocycles. The van der Waals surface area contributed by atoms with E-state index in [2.05, 4.69) is 67.3 Å². The molecule has 0 saturated heterocycles. The Hall–Kier alpha value is -2.60. The molecule has 0 aromatic heterocycles. The summed E-state index contributed by atoms with van der Waals surface area (Å²) in [5, 5.41) is 5.28. The fraction of sp³-hybridized carbons (Fsp3) is 0.167. The lowest BCUT2D eigenvalue weighted by Gasteiger charge is -2.14. The van der Waals surface area contributed by atoms with Crippen LogP contribution in [0.25, 0.3) is 33.7 Å². The van der Waals surface area contributed by atoms with Crippen LogP contribution in [0.1, 0.15) is 37.0 Å². The minimum Gasteiger partial charge on any atom is -0.0991 e. The van der Waals surface area contributed by atoms with E-state index in [1.165, 1.54) is 38.2 Å². The Morgan fingerprint density at radius 2 is 1.79 bits per heavy atom. The molecule has 0 radical (unpaired) electrons. The highest BCUT2D eigenvalue weighted by molar-refractivity contribution is 6.05. The number of hydrogen-bond donors (Lipinski definition) is 0. The maximum atomic E-state index is 3.77. The van der Waals surface area contributed by atoms with Gasteiger partial charge in [0, 0.05) is 0 Å². The van der Waals surface area contributed by atoms with Gasteiger partial charge in [0.25, 0.3) is 0 Å². The lowest BCUT2D eigenvalue weighted by atomic mass is 9.90. The third kappa shape index (κ3) is 2.92. The Balaban J connectivity index is 0.000000815. The van der Waals surface area contributed by atoms with Crippen molar-refractivity contribution in [2.24, 2.45) is 0 Å². The van der Waals surface area contributed by atoms with Gasteiger partial charge in [0.05, 0.1) is 0 Å². The fourth-order valence-electron chi connectivity index (χ4n) is 3.36. The van der Waals surface area contributed by atoms with Crippen LogP contribution < -0.4 is 0 Å². The van der Waals surface area contributed by atoms with Gasteiger partial charge >= 0.3 is 0 Å². The second-order valence-electron chi connectivity index (χ2n) is 5.82. The van der Waals surface area contributed by atoms with Gasteiger partial charge < -0.3 is 0 Å². The quantitative estimate of drug-likeness (QED) is 0.347. The summed E-state index contributed by atoms with van der Waals surface area (Å²) in [6.45, 7) is 7.77. The van der Waals surface area contributed by atoms with Gasteiger partial charge in [-0.1, -0.05) is 81.1 Å². The third-order valence-corrected chi connectivity index (χ3v) is 4.46. The molecule has 0 heteroatoms. The zero-order valence-electron chi connectivity index (χ0n) is 14.5. The Morgan fingerprint density at radius 3 is 2.62 bits per heavy atom. The summed E-state index contributed by atoms with van der Waals surface area (Å²) in [4.78, 5) is 0. The van der Waals surface area contributed by atoms with Crippen molar-refractivity contribution in [1.82, 2.24) is 0 Å². The normalized spacial score (nSPS) is 12.9. The van der Waals surface area contributed by atoms with Crippen LogP contribution in [0.15, 0.2) is 67.3 Å². The number of hydrogen-bond acceptors (Lipinski definition) is 0.